The number of nitrogens with two attached hydrogens (primary N) is 1. The van der Waals surface area contributed by atoms with E-state index in [4.69, 9.17) is 5.73 Å². The molecule has 15 heavy (non-hydrogen) atoms. The molecule has 0 saturated carbocycles. The minimum atomic E-state index is -0.366. The molecule has 0 aliphatic carbocycles. The normalized spacial score (nSPS) is 12.5. The molecular formula is C12H20N2O. The fourth-order valence-corrected chi connectivity index (χ4v) is 1.46. The van der Waals surface area contributed by atoms with Gasteiger partial charge >= 0.3 is 0 Å². The predicted molar refractivity (Wildman–Crippen MR) is 64.1 cm³/mol. The minimum Gasteiger partial charge on any atom is -0.391 e. The highest BCUT2D eigenvalue weighted by Gasteiger charge is 2.04. The van der Waals surface area contributed by atoms with Crippen molar-refractivity contribution in [2.75, 3.05) is 18.4 Å². The molecule has 1 aromatic carbocycles. The summed E-state index contributed by atoms with van der Waals surface area (Å²) in [6.07, 6.45) is 0.271. The van der Waals surface area contributed by atoms with E-state index in [0.717, 1.165) is 5.69 Å². The Labute approximate surface area is 91.3 Å². The summed E-state index contributed by atoms with van der Waals surface area (Å²) in [6, 6.07) is 6.12. The molecule has 3 heteroatoms. The average Bonchev–Trinajstić information content (AvgIpc) is 2.21. The van der Waals surface area contributed by atoms with E-state index in [1.165, 1.54) is 11.1 Å². The van der Waals surface area contributed by atoms with Crippen molar-refractivity contribution >= 4 is 5.69 Å². The lowest BCUT2D eigenvalue weighted by molar-refractivity contribution is 0.180. The van der Waals surface area contributed by atoms with Gasteiger partial charge in [-0.25, -0.2) is 0 Å². The van der Waals surface area contributed by atoms with Crippen LogP contribution in [0.3, 0.4) is 0 Å². The van der Waals surface area contributed by atoms with Gasteiger partial charge in [0.05, 0.1) is 6.10 Å². The summed E-state index contributed by atoms with van der Waals surface area (Å²) in [5.41, 5.74) is 8.95. The smallest absolute Gasteiger partial charge is 0.0724 e. The molecule has 1 atom stereocenters. The van der Waals surface area contributed by atoms with Gasteiger partial charge in [0.1, 0.15) is 0 Å². The first-order valence-corrected chi connectivity index (χ1v) is 5.33. The van der Waals surface area contributed by atoms with Crippen LogP contribution in [0, 0.1) is 13.8 Å². The van der Waals surface area contributed by atoms with Crippen molar-refractivity contribution in [3.63, 3.8) is 0 Å². The average molecular weight is 208 g/mol. The molecule has 1 aromatic rings. The first-order valence-electron chi connectivity index (χ1n) is 5.33. The summed E-state index contributed by atoms with van der Waals surface area (Å²) < 4.78 is 0. The van der Waals surface area contributed by atoms with Crippen LogP contribution in [0.1, 0.15) is 17.5 Å². The predicted octanol–water partition coefficient (Wildman–Crippen LogP) is 1.43. The van der Waals surface area contributed by atoms with E-state index in [9.17, 15) is 5.11 Å². The zero-order valence-electron chi connectivity index (χ0n) is 9.46. The van der Waals surface area contributed by atoms with Crippen molar-refractivity contribution in [2.45, 2.75) is 26.4 Å². The summed E-state index contributed by atoms with van der Waals surface area (Å²) in [7, 11) is 0. The molecule has 4 N–H and O–H groups in total. The highest BCUT2D eigenvalue weighted by Crippen LogP contribution is 2.17. The van der Waals surface area contributed by atoms with Crippen LogP contribution in [0.15, 0.2) is 18.2 Å². The van der Waals surface area contributed by atoms with E-state index in [-0.39, 0.29) is 6.10 Å². The summed E-state index contributed by atoms with van der Waals surface area (Å²) in [5.74, 6) is 0. The van der Waals surface area contributed by atoms with Crippen molar-refractivity contribution in [3.05, 3.63) is 29.3 Å². The highest BCUT2D eigenvalue weighted by molar-refractivity contribution is 5.53. The lowest BCUT2D eigenvalue weighted by atomic mass is 10.1. The molecule has 0 aromatic heterocycles. The molecule has 0 amide bonds. The fraction of sp³-hybridized carbons (Fsp3) is 0.500. The maximum Gasteiger partial charge on any atom is 0.0724 e. The number of hydrogen-bond acceptors (Lipinski definition) is 3. The van der Waals surface area contributed by atoms with E-state index in [1.807, 2.05) is 12.1 Å². The van der Waals surface area contributed by atoms with Gasteiger partial charge in [0.15, 0.2) is 0 Å². The number of benzene rings is 1. The third-order valence-electron chi connectivity index (χ3n) is 2.63. The number of aliphatic hydroxyl groups excluding tert-OH is 1. The van der Waals surface area contributed by atoms with E-state index >= 15 is 0 Å². The van der Waals surface area contributed by atoms with E-state index in [0.29, 0.717) is 19.5 Å². The molecule has 0 bridgehead atoms. The molecule has 0 aliphatic rings. The van der Waals surface area contributed by atoms with Crippen LogP contribution in [-0.4, -0.2) is 24.3 Å². The van der Waals surface area contributed by atoms with Crippen molar-refractivity contribution < 1.29 is 5.11 Å². The summed E-state index contributed by atoms with van der Waals surface area (Å²) in [5, 5.41) is 12.8. The standard InChI is InChI=1S/C12H20N2O/c1-9-4-3-5-12(10(9)2)14-8-11(15)6-7-13/h3-5,11,14-15H,6-8,13H2,1-2H3. The van der Waals surface area contributed by atoms with Gasteiger partial charge in [-0.05, 0) is 44.0 Å². The van der Waals surface area contributed by atoms with Gasteiger partial charge < -0.3 is 16.2 Å². The topological polar surface area (TPSA) is 58.3 Å². The highest BCUT2D eigenvalue weighted by atomic mass is 16.3. The molecule has 0 heterocycles. The Balaban J connectivity index is 2.54. The Morgan fingerprint density at radius 3 is 2.80 bits per heavy atom. The molecule has 0 saturated heterocycles. The van der Waals surface area contributed by atoms with Gasteiger partial charge in [0, 0.05) is 12.2 Å². The van der Waals surface area contributed by atoms with Crippen molar-refractivity contribution in [1.29, 1.82) is 0 Å². The Morgan fingerprint density at radius 1 is 1.40 bits per heavy atom. The second-order valence-corrected chi connectivity index (χ2v) is 3.86. The second-order valence-electron chi connectivity index (χ2n) is 3.86. The van der Waals surface area contributed by atoms with Crippen LogP contribution < -0.4 is 11.1 Å². The van der Waals surface area contributed by atoms with E-state index < -0.39 is 0 Å². The van der Waals surface area contributed by atoms with Gasteiger partial charge in [-0.3, -0.25) is 0 Å². The van der Waals surface area contributed by atoms with Gasteiger partial charge in [-0.15, -0.1) is 0 Å². The third-order valence-corrected chi connectivity index (χ3v) is 2.63. The quantitative estimate of drug-likeness (QED) is 0.686. The number of hydrogen-bond donors (Lipinski definition) is 3. The second kappa shape index (κ2) is 5.73. The summed E-state index contributed by atoms with van der Waals surface area (Å²) in [6.45, 7) is 5.24. The number of aliphatic hydroxyl groups is 1. The molecule has 0 radical (unpaired) electrons. The maximum atomic E-state index is 9.53. The molecule has 3 nitrogen and oxygen atoms in total. The number of anilines is 1. The van der Waals surface area contributed by atoms with Crippen molar-refractivity contribution in [1.82, 2.24) is 0 Å². The Morgan fingerprint density at radius 2 is 2.13 bits per heavy atom. The van der Waals surface area contributed by atoms with Gasteiger partial charge in [0.2, 0.25) is 0 Å². The van der Waals surface area contributed by atoms with Crippen LogP contribution in [0.2, 0.25) is 0 Å². The molecule has 0 spiro atoms. The molecule has 1 rings (SSSR count). The Bertz CT molecular complexity index is 312. The van der Waals surface area contributed by atoms with Crippen LogP contribution in [-0.2, 0) is 0 Å². The minimum absolute atomic E-state index is 0.366. The molecule has 1 unspecified atom stereocenters. The van der Waals surface area contributed by atoms with Crippen LogP contribution in [0.4, 0.5) is 5.69 Å². The molecule has 84 valence electrons. The zero-order valence-corrected chi connectivity index (χ0v) is 9.46. The van der Waals surface area contributed by atoms with Crippen molar-refractivity contribution in [2.24, 2.45) is 5.73 Å². The summed E-state index contributed by atoms with van der Waals surface area (Å²) in [4.78, 5) is 0. The molecule has 0 fully saturated rings. The van der Waals surface area contributed by atoms with Crippen molar-refractivity contribution in [3.8, 4) is 0 Å². The lowest BCUT2D eigenvalue weighted by Crippen LogP contribution is -2.22. The molecule has 0 aliphatic heterocycles. The summed E-state index contributed by atoms with van der Waals surface area (Å²) >= 11 is 0. The van der Waals surface area contributed by atoms with E-state index in [2.05, 4.69) is 25.2 Å². The molecular weight excluding hydrogens is 188 g/mol. The first kappa shape index (κ1) is 12.0. The maximum absolute atomic E-state index is 9.53. The fourth-order valence-electron chi connectivity index (χ4n) is 1.46. The first-order chi connectivity index (χ1) is 7.15. The Hall–Kier alpha value is -1.06. The van der Waals surface area contributed by atoms with Gasteiger partial charge in [-0.1, -0.05) is 12.1 Å². The SMILES string of the molecule is Cc1cccc(NCC(O)CCN)c1C. The monoisotopic (exact) mass is 208 g/mol. The van der Waals surface area contributed by atoms with Gasteiger partial charge in [0.25, 0.3) is 0 Å². The number of rotatable bonds is 5. The largest absolute Gasteiger partial charge is 0.391 e. The van der Waals surface area contributed by atoms with Gasteiger partial charge in [-0.2, -0.15) is 0 Å². The number of aryl methyl sites for hydroxylation is 1. The third kappa shape index (κ3) is 3.53. The lowest BCUT2D eigenvalue weighted by Gasteiger charge is -2.14. The van der Waals surface area contributed by atoms with Crippen LogP contribution in [0.25, 0.3) is 0 Å². The van der Waals surface area contributed by atoms with Crippen LogP contribution in [0.5, 0.6) is 0 Å². The zero-order chi connectivity index (χ0) is 11.3. The van der Waals surface area contributed by atoms with Crippen LogP contribution >= 0.6 is 0 Å². The number of nitrogens with one attached hydrogen (secondary N) is 1. The van der Waals surface area contributed by atoms with E-state index in [1.54, 1.807) is 0 Å². The Kier molecular flexibility index (Phi) is 4.59.